The highest BCUT2D eigenvalue weighted by Gasteiger charge is 2.05. The van der Waals surface area contributed by atoms with E-state index in [0.29, 0.717) is 13.0 Å². The number of unbranched alkanes of at least 4 members (excludes halogenated alkanes) is 2. The topological polar surface area (TPSA) is 76.0 Å². The average Bonchev–Trinajstić information content (AvgIpc) is 3.31. The van der Waals surface area contributed by atoms with E-state index in [0.717, 1.165) is 47.7 Å². The van der Waals surface area contributed by atoms with E-state index in [4.69, 9.17) is 9.47 Å². The molecule has 0 fully saturated rings. The zero-order valence-electron chi connectivity index (χ0n) is 16.5. The fourth-order valence-corrected chi connectivity index (χ4v) is 2.77. The number of H-pyrrole nitrogens is 1. The van der Waals surface area contributed by atoms with E-state index in [1.807, 2.05) is 54.6 Å². The van der Waals surface area contributed by atoms with Crippen LogP contribution in [-0.2, 0) is 0 Å². The SMILES string of the molecule is COc1ccc(N=Nc2ccc(OCCCCCC(=O)c3cc[nH]c3)cc2)cc1. The van der Waals surface area contributed by atoms with Crippen molar-refractivity contribution in [3.05, 3.63) is 72.6 Å². The van der Waals surface area contributed by atoms with Gasteiger partial charge in [-0.15, -0.1) is 0 Å². The van der Waals surface area contributed by atoms with Crippen molar-refractivity contribution in [2.75, 3.05) is 13.7 Å². The van der Waals surface area contributed by atoms with Crippen LogP contribution in [0.15, 0.2) is 77.2 Å². The number of azo groups is 1. The van der Waals surface area contributed by atoms with Gasteiger partial charge in [-0.2, -0.15) is 10.2 Å². The summed E-state index contributed by atoms with van der Waals surface area (Å²) in [5.41, 5.74) is 2.28. The number of rotatable bonds is 11. The molecule has 6 nitrogen and oxygen atoms in total. The predicted molar refractivity (Wildman–Crippen MR) is 113 cm³/mol. The van der Waals surface area contributed by atoms with Crippen LogP contribution in [0.25, 0.3) is 0 Å². The molecule has 3 rings (SSSR count). The third-order valence-electron chi connectivity index (χ3n) is 4.43. The summed E-state index contributed by atoms with van der Waals surface area (Å²) in [6.07, 6.45) is 6.84. The van der Waals surface area contributed by atoms with Crippen molar-refractivity contribution >= 4 is 17.2 Å². The maximum Gasteiger partial charge on any atom is 0.164 e. The minimum absolute atomic E-state index is 0.187. The number of carbonyl (C=O) groups is 1. The molecule has 1 heterocycles. The second-order valence-electron chi connectivity index (χ2n) is 6.57. The van der Waals surface area contributed by atoms with Gasteiger partial charge in [-0.05, 0) is 73.9 Å². The molecule has 0 atom stereocenters. The molecule has 0 unspecified atom stereocenters. The first-order chi connectivity index (χ1) is 14.2. The minimum atomic E-state index is 0.187. The summed E-state index contributed by atoms with van der Waals surface area (Å²) >= 11 is 0. The molecule has 0 spiro atoms. The largest absolute Gasteiger partial charge is 0.497 e. The van der Waals surface area contributed by atoms with Crippen molar-refractivity contribution in [3.63, 3.8) is 0 Å². The number of aromatic amines is 1. The van der Waals surface area contributed by atoms with Gasteiger partial charge in [0.25, 0.3) is 0 Å². The number of methoxy groups -OCH3 is 1. The normalized spacial score (nSPS) is 10.9. The van der Waals surface area contributed by atoms with Crippen molar-refractivity contribution < 1.29 is 14.3 Å². The molecule has 6 heteroatoms. The lowest BCUT2D eigenvalue weighted by molar-refractivity contribution is 0.0978. The Hall–Kier alpha value is -3.41. The zero-order chi connectivity index (χ0) is 20.3. The Kier molecular flexibility index (Phi) is 7.57. The lowest BCUT2D eigenvalue weighted by Gasteiger charge is -2.06. The number of nitrogens with zero attached hydrogens (tertiary/aromatic N) is 2. The van der Waals surface area contributed by atoms with Crippen LogP contribution < -0.4 is 9.47 Å². The molecule has 150 valence electrons. The van der Waals surface area contributed by atoms with Gasteiger partial charge in [0.05, 0.1) is 25.1 Å². The monoisotopic (exact) mass is 391 g/mol. The average molecular weight is 391 g/mol. The van der Waals surface area contributed by atoms with E-state index >= 15 is 0 Å². The number of carbonyl (C=O) groups excluding carboxylic acids is 1. The smallest absolute Gasteiger partial charge is 0.164 e. The van der Waals surface area contributed by atoms with E-state index in [9.17, 15) is 4.79 Å². The van der Waals surface area contributed by atoms with Crippen LogP contribution in [0.3, 0.4) is 0 Å². The molecule has 1 N–H and O–H groups in total. The highest BCUT2D eigenvalue weighted by Crippen LogP contribution is 2.23. The van der Waals surface area contributed by atoms with Crippen molar-refractivity contribution in [2.45, 2.75) is 25.7 Å². The Labute approximate surface area is 170 Å². The molecule has 0 amide bonds. The molecule has 0 aliphatic heterocycles. The van der Waals surface area contributed by atoms with Crippen molar-refractivity contribution in [3.8, 4) is 11.5 Å². The van der Waals surface area contributed by atoms with Gasteiger partial charge < -0.3 is 14.5 Å². The van der Waals surface area contributed by atoms with Gasteiger partial charge in [0, 0.05) is 24.4 Å². The number of Topliss-reactive ketones (excluding diaryl/α,β-unsaturated/α-hetero) is 1. The second-order valence-corrected chi connectivity index (χ2v) is 6.57. The number of ketones is 1. The third-order valence-corrected chi connectivity index (χ3v) is 4.43. The van der Waals surface area contributed by atoms with Crippen molar-refractivity contribution in [1.82, 2.24) is 4.98 Å². The Morgan fingerprint density at radius 3 is 2.10 bits per heavy atom. The number of benzene rings is 2. The Balaban J connectivity index is 1.34. The van der Waals surface area contributed by atoms with Crippen molar-refractivity contribution in [2.24, 2.45) is 10.2 Å². The summed E-state index contributed by atoms with van der Waals surface area (Å²) in [4.78, 5) is 14.8. The van der Waals surface area contributed by atoms with Gasteiger partial charge in [-0.1, -0.05) is 0 Å². The van der Waals surface area contributed by atoms with Gasteiger partial charge in [0.15, 0.2) is 5.78 Å². The van der Waals surface area contributed by atoms with Crippen LogP contribution >= 0.6 is 0 Å². The first-order valence-electron chi connectivity index (χ1n) is 9.69. The van der Waals surface area contributed by atoms with Crippen LogP contribution in [0.5, 0.6) is 11.5 Å². The Morgan fingerprint density at radius 2 is 1.52 bits per heavy atom. The lowest BCUT2D eigenvalue weighted by Crippen LogP contribution is -2.00. The van der Waals surface area contributed by atoms with Crippen LogP contribution in [0.1, 0.15) is 36.0 Å². The quantitative estimate of drug-likeness (QED) is 0.238. The van der Waals surface area contributed by atoms with E-state index in [1.165, 1.54) is 0 Å². The molecule has 0 aliphatic carbocycles. The summed E-state index contributed by atoms with van der Waals surface area (Å²) in [7, 11) is 1.63. The summed E-state index contributed by atoms with van der Waals surface area (Å²) in [5, 5.41) is 8.44. The van der Waals surface area contributed by atoms with Gasteiger partial charge in [-0.3, -0.25) is 4.79 Å². The predicted octanol–water partition coefficient (Wildman–Crippen LogP) is 6.26. The molecular formula is C23H25N3O3. The van der Waals surface area contributed by atoms with E-state index in [-0.39, 0.29) is 5.78 Å². The Morgan fingerprint density at radius 1 is 0.862 bits per heavy atom. The maximum absolute atomic E-state index is 11.9. The molecule has 0 radical (unpaired) electrons. The molecule has 3 aromatic rings. The standard InChI is InChI=1S/C23H25N3O3/c1-28-21-10-6-19(7-11-21)25-26-20-8-12-22(13-9-20)29-16-4-2-3-5-23(27)18-14-15-24-17-18/h6-15,17,24H,2-5,16H2,1H3. The first-order valence-corrected chi connectivity index (χ1v) is 9.69. The summed E-state index contributed by atoms with van der Waals surface area (Å²) in [6, 6.07) is 16.7. The number of nitrogens with one attached hydrogen (secondary N) is 1. The lowest BCUT2D eigenvalue weighted by atomic mass is 10.1. The summed E-state index contributed by atoms with van der Waals surface area (Å²) in [6.45, 7) is 0.630. The molecule has 0 saturated heterocycles. The molecule has 0 saturated carbocycles. The van der Waals surface area contributed by atoms with Gasteiger partial charge in [0.1, 0.15) is 11.5 Å². The van der Waals surface area contributed by atoms with Crippen LogP contribution in [0.4, 0.5) is 11.4 Å². The highest BCUT2D eigenvalue weighted by molar-refractivity contribution is 5.95. The number of hydrogen-bond acceptors (Lipinski definition) is 5. The molecule has 0 bridgehead atoms. The fourth-order valence-electron chi connectivity index (χ4n) is 2.77. The zero-order valence-corrected chi connectivity index (χ0v) is 16.5. The molecular weight excluding hydrogens is 366 g/mol. The number of aromatic nitrogens is 1. The van der Waals surface area contributed by atoms with Gasteiger partial charge >= 0.3 is 0 Å². The molecule has 1 aromatic heterocycles. The first kappa shape index (κ1) is 20.3. The summed E-state index contributed by atoms with van der Waals surface area (Å²) < 4.78 is 10.9. The molecule has 0 aliphatic rings. The van der Waals surface area contributed by atoms with Crippen LogP contribution in [-0.4, -0.2) is 24.5 Å². The Bertz CT molecular complexity index is 902. The summed E-state index contributed by atoms with van der Waals surface area (Å²) in [5.74, 6) is 1.78. The highest BCUT2D eigenvalue weighted by atomic mass is 16.5. The van der Waals surface area contributed by atoms with Crippen LogP contribution in [0, 0.1) is 0 Å². The number of ether oxygens (including phenoxy) is 2. The van der Waals surface area contributed by atoms with Gasteiger partial charge in [0.2, 0.25) is 0 Å². The minimum Gasteiger partial charge on any atom is -0.497 e. The van der Waals surface area contributed by atoms with E-state index < -0.39 is 0 Å². The number of hydrogen-bond donors (Lipinski definition) is 1. The third kappa shape index (κ3) is 6.60. The van der Waals surface area contributed by atoms with E-state index in [2.05, 4.69) is 15.2 Å². The van der Waals surface area contributed by atoms with E-state index in [1.54, 1.807) is 19.5 Å². The molecule has 2 aromatic carbocycles. The second kappa shape index (κ2) is 10.8. The molecule has 29 heavy (non-hydrogen) atoms. The fraction of sp³-hybridized carbons (Fsp3) is 0.261. The van der Waals surface area contributed by atoms with Gasteiger partial charge in [-0.25, -0.2) is 0 Å². The van der Waals surface area contributed by atoms with Crippen molar-refractivity contribution in [1.29, 1.82) is 0 Å². The van der Waals surface area contributed by atoms with Crippen LogP contribution in [0.2, 0.25) is 0 Å². The maximum atomic E-state index is 11.9.